The van der Waals surface area contributed by atoms with Crippen molar-refractivity contribution in [2.45, 2.75) is 97.3 Å². The summed E-state index contributed by atoms with van der Waals surface area (Å²) in [6.07, 6.45) is 13.6. The summed E-state index contributed by atoms with van der Waals surface area (Å²) >= 11 is 0. The molecule has 0 spiro atoms. The maximum Gasteiger partial charge on any atom is 0.309 e. The molecule has 2 N–H and O–H groups in total. The lowest BCUT2D eigenvalue weighted by Gasteiger charge is -2.40. The van der Waals surface area contributed by atoms with Crippen molar-refractivity contribution in [3.05, 3.63) is 0 Å². The van der Waals surface area contributed by atoms with E-state index in [0.29, 0.717) is 19.3 Å². The molecule has 1 aliphatic rings. The first kappa shape index (κ1) is 21.0. The number of carboxylic acids is 2. The highest BCUT2D eigenvalue weighted by Crippen LogP contribution is 2.46. The van der Waals surface area contributed by atoms with E-state index in [1.54, 1.807) is 0 Å². The van der Waals surface area contributed by atoms with E-state index in [0.717, 1.165) is 19.3 Å². The van der Waals surface area contributed by atoms with Gasteiger partial charge in [-0.3, -0.25) is 9.59 Å². The molecule has 3 atom stereocenters. The van der Waals surface area contributed by atoms with Gasteiger partial charge in [-0.25, -0.2) is 0 Å². The third-order valence-electron chi connectivity index (χ3n) is 5.98. The number of rotatable bonds is 12. The Morgan fingerprint density at radius 2 is 1.50 bits per heavy atom. The number of unbranched alkanes of at least 4 members (excludes halogenated alkanes) is 8. The van der Waals surface area contributed by atoms with E-state index in [1.807, 2.05) is 6.92 Å². The van der Waals surface area contributed by atoms with Crippen LogP contribution in [0.2, 0.25) is 0 Å². The Hall–Kier alpha value is -1.06. The van der Waals surface area contributed by atoms with Gasteiger partial charge in [0, 0.05) is 0 Å². The van der Waals surface area contributed by atoms with Crippen LogP contribution in [0.15, 0.2) is 0 Å². The second-order valence-electron chi connectivity index (χ2n) is 7.85. The lowest BCUT2D eigenvalue weighted by Crippen LogP contribution is -2.42. The van der Waals surface area contributed by atoms with E-state index in [9.17, 15) is 19.8 Å². The monoisotopic (exact) mass is 340 g/mol. The summed E-state index contributed by atoms with van der Waals surface area (Å²) in [4.78, 5) is 22.9. The van der Waals surface area contributed by atoms with Gasteiger partial charge in [-0.15, -0.1) is 0 Å². The highest BCUT2D eigenvalue weighted by molar-refractivity contribution is 5.76. The van der Waals surface area contributed by atoms with Gasteiger partial charge in [-0.05, 0) is 38.5 Å². The minimum atomic E-state index is -0.764. The number of carboxylic acid groups (broad SMARTS) is 2. The van der Waals surface area contributed by atoms with Crippen molar-refractivity contribution < 1.29 is 19.8 Å². The first-order chi connectivity index (χ1) is 11.4. The fourth-order valence-corrected chi connectivity index (χ4v) is 4.04. The van der Waals surface area contributed by atoms with Crippen LogP contribution >= 0.6 is 0 Å². The zero-order chi connectivity index (χ0) is 18.0. The molecular weight excluding hydrogens is 304 g/mol. The summed E-state index contributed by atoms with van der Waals surface area (Å²) in [7, 11) is 0. The Morgan fingerprint density at radius 3 is 2.00 bits per heavy atom. The van der Waals surface area contributed by atoms with Crippen LogP contribution in [0.25, 0.3) is 0 Å². The smallest absolute Gasteiger partial charge is 0.309 e. The van der Waals surface area contributed by atoms with Crippen LogP contribution in [0.4, 0.5) is 0 Å². The van der Waals surface area contributed by atoms with Crippen molar-refractivity contribution in [3.63, 3.8) is 0 Å². The quantitative estimate of drug-likeness (QED) is 0.460. The molecule has 1 rings (SSSR count). The molecule has 4 heteroatoms. The molecule has 1 saturated carbocycles. The molecule has 24 heavy (non-hydrogen) atoms. The lowest BCUT2D eigenvalue weighted by molar-refractivity contribution is -0.159. The molecular formula is C20H36O4. The van der Waals surface area contributed by atoms with E-state index in [1.165, 1.54) is 44.9 Å². The van der Waals surface area contributed by atoms with Crippen LogP contribution in [0.5, 0.6) is 0 Å². The molecule has 0 aromatic carbocycles. The first-order valence-corrected chi connectivity index (χ1v) is 9.88. The molecule has 1 aliphatic carbocycles. The minimum Gasteiger partial charge on any atom is -0.481 e. The van der Waals surface area contributed by atoms with Crippen molar-refractivity contribution in [1.82, 2.24) is 0 Å². The van der Waals surface area contributed by atoms with E-state index >= 15 is 0 Å². The summed E-state index contributed by atoms with van der Waals surface area (Å²) in [5, 5.41) is 18.8. The van der Waals surface area contributed by atoms with E-state index < -0.39 is 17.4 Å². The van der Waals surface area contributed by atoms with E-state index in [-0.39, 0.29) is 11.8 Å². The molecule has 140 valence electrons. The van der Waals surface area contributed by atoms with Crippen molar-refractivity contribution in [2.75, 3.05) is 0 Å². The molecule has 0 bridgehead atoms. The molecule has 0 aromatic rings. The second-order valence-corrected chi connectivity index (χ2v) is 7.85. The number of hydrogen-bond acceptors (Lipinski definition) is 2. The Morgan fingerprint density at radius 1 is 0.958 bits per heavy atom. The van der Waals surface area contributed by atoms with Crippen molar-refractivity contribution in [3.8, 4) is 0 Å². The molecule has 1 fully saturated rings. The average Bonchev–Trinajstić information content (AvgIpc) is 2.54. The molecule has 0 aliphatic heterocycles. The maximum atomic E-state index is 11.7. The van der Waals surface area contributed by atoms with Crippen LogP contribution in [0.1, 0.15) is 97.3 Å². The number of hydrogen-bond donors (Lipinski definition) is 2. The molecule has 0 amide bonds. The van der Waals surface area contributed by atoms with Gasteiger partial charge in [-0.1, -0.05) is 64.7 Å². The summed E-state index contributed by atoms with van der Waals surface area (Å²) in [6.45, 7) is 4.04. The van der Waals surface area contributed by atoms with Gasteiger partial charge < -0.3 is 10.2 Å². The largest absolute Gasteiger partial charge is 0.481 e. The van der Waals surface area contributed by atoms with Gasteiger partial charge in [0.15, 0.2) is 0 Å². The molecule has 4 nitrogen and oxygen atoms in total. The fourth-order valence-electron chi connectivity index (χ4n) is 4.04. The zero-order valence-corrected chi connectivity index (χ0v) is 15.6. The summed E-state index contributed by atoms with van der Waals surface area (Å²) in [6, 6.07) is 0. The second kappa shape index (κ2) is 10.7. The number of aliphatic carboxylic acids is 2. The average molecular weight is 341 g/mol. The van der Waals surface area contributed by atoms with Crippen molar-refractivity contribution >= 4 is 11.9 Å². The molecule has 0 radical (unpaired) electrons. The van der Waals surface area contributed by atoms with Crippen LogP contribution in [-0.4, -0.2) is 22.2 Å². The van der Waals surface area contributed by atoms with Gasteiger partial charge in [0.1, 0.15) is 0 Å². The predicted octanol–water partition coefficient (Wildman–Crippen LogP) is 5.50. The zero-order valence-electron chi connectivity index (χ0n) is 15.6. The summed E-state index contributed by atoms with van der Waals surface area (Å²) in [5.74, 6) is -1.89. The molecule has 3 unspecified atom stereocenters. The SMILES string of the molecule is CCCCCCCCCCCC1CC(C(=O)O)CCC1(C)C(=O)O. The fraction of sp³-hybridized carbons (Fsp3) is 0.900. The van der Waals surface area contributed by atoms with E-state index in [4.69, 9.17) is 0 Å². The molecule has 0 heterocycles. The highest BCUT2D eigenvalue weighted by Gasteiger charge is 2.46. The van der Waals surface area contributed by atoms with Crippen molar-refractivity contribution in [2.24, 2.45) is 17.3 Å². The van der Waals surface area contributed by atoms with Gasteiger partial charge in [0.2, 0.25) is 0 Å². The Bertz CT molecular complexity index is 393. The summed E-state index contributed by atoms with van der Waals surface area (Å²) in [5.41, 5.74) is -0.744. The van der Waals surface area contributed by atoms with E-state index in [2.05, 4.69) is 6.92 Å². The van der Waals surface area contributed by atoms with Crippen LogP contribution in [0, 0.1) is 17.3 Å². The van der Waals surface area contributed by atoms with Gasteiger partial charge in [-0.2, -0.15) is 0 Å². The minimum absolute atomic E-state index is 0.00518. The van der Waals surface area contributed by atoms with Crippen LogP contribution in [-0.2, 0) is 9.59 Å². The maximum absolute atomic E-state index is 11.7. The van der Waals surface area contributed by atoms with Crippen molar-refractivity contribution in [1.29, 1.82) is 0 Å². The Kier molecular flexibility index (Phi) is 9.38. The third kappa shape index (κ3) is 6.45. The third-order valence-corrected chi connectivity index (χ3v) is 5.98. The predicted molar refractivity (Wildman–Crippen MR) is 96.1 cm³/mol. The topological polar surface area (TPSA) is 74.6 Å². The van der Waals surface area contributed by atoms with Gasteiger partial charge >= 0.3 is 11.9 Å². The van der Waals surface area contributed by atoms with Crippen LogP contribution in [0.3, 0.4) is 0 Å². The van der Waals surface area contributed by atoms with Gasteiger partial charge in [0.05, 0.1) is 11.3 Å². The summed E-state index contributed by atoms with van der Waals surface area (Å²) < 4.78 is 0. The molecule has 0 saturated heterocycles. The number of carbonyl (C=O) groups is 2. The Balaban J connectivity index is 2.31. The molecule has 0 aromatic heterocycles. The first-order valence-electron chi connectivity index (χ1n) is 9.88. The highest BCUT2D eigenvalue weighted by atomic mass is 16.4. The van der Waals surface area contributed by atoms with Gasteiger partial charge in [0.25, 0.3) is 0 Å². The Labute approximate surface area is 147 Å². The standard InChI is InChI=1S/C20H36O4/c1-3-4-5-6-7-8-9-10-11-12-17-15-16(18(21)22)13-14-20(17,2)19(23)24/h16-17H,3-15H2,1-2H3,(H,21,22)(H,23,24). The van der Waals surface area contributed by atoms with Crippen LogP contribution < -0.4 is 0 Å². The normalized spacial score (nSPS) is 27.1. The lowest BCUT2D eigenvalue weighted by atomic mass is 9.63.